The Morgan fingerprint density at radius 2 is 1.65 bits per heavy atom. The van der Waals surface area contributed by atoms with E-state index in [0.717, 1.165) is 22.0 Å². The molecule has 2 aromatic carbocycles. The van der Waals surface area contributed by atoms with Crippen LogP contribution in [-0.2, 0) is 26.2 Å². The van der Waals surface area contributed by atoms with Crippen LogP contribution in [0.15, 0.2) is 53.4 Å². The number of rotatable bonds is 6. The van der Waals surface area contributed by atoms with Crippen LogP contribution in [0.1, 0.15) is 5.56 Å². The van der Waals surface area contributed by atoms with Gasteiger partial charge in [-0.1, -0.05) is 30.3 Å². The molecule has 8 nitrogen and oxygen atoms in total. The number of benzene rings is 2. The van der Waals surface area contributed by atoms with Gasteiger partial charge in [0, 0.05) is 26.2 Å². The second kappa shape index (κ2) is 9.84. The summed E-state index contributed by atoms with van der Waals surface area (Å²) in [6.45, 7) is -0.0348. The number of hydrogen-bond acceptors (Lipinski definition) is 5. The number of carbonyl (C=O) groups excluding carboxylic acids is 2. The van der Waals surface area contributed by atoms with Crippen molar-refractivity contribution in [3.8, 4) is 0 Å². The average molecular weight is 453 g/mol. The van der Waals surface area contributed by atoms with Crippen LogP contribution in [0.5, 0.6) is 0 Å². The van der Waals surface area contributed by atoms with Crippen LogP contribution < -0.4 is 5.32 Å². The normalized spacial score (nSPS) is 14.8. The minimum absolute atomic E-state index is 0.00841. The molecule has 0 aromatic heterocycles. The minimum atomic E-state index is -4.01. The number of nitrogens with zero attached hydrogens (tertiary/aromatic N) is 2. The van der Waals surface area contributed by atoms with Gasteiger partial charge in [0.2, 0.25) is 15.9 Å². The number of ether oxygens (including phenoxy) is 1. The van der Waals surface area contributed by atoms with E-state index >= 15 is 0 Å². The molecule has 1 aliphatic rings. The van der Waals surface area contributed by atoms with Crippen molar-refractivity contribution in [2.75, 3.05) is 32.7 Å². The Morgan fingerprint density at radius 3 is 2.29 bits per heavy atom. The Kier molecular flexibility index (Phi) is 7.18. The Morgan fingerprint density at radius 1 is 0.968 bits per heavy atom. The highest BCUT2D eigenvalue weighted by molar-refractivity contribution is 7.89. The van der Waals surface area contributed by atoms with Gasteiger partial charge < -0.3 is 15.0 Å². The second-order valence-corrected chi connectivity index (χ2v) is 8.71. The summed E-state index contributed by atoms with van der Waals surface area (Å²) >= 11 is 0. The van der Waals surface area contributed by atoms with Crippen molar-refractivity contribution in [1.82, 2.24) is 14.5 Å². The molecule has 166 valence electrons. The summed E-state index contributed by atoms with van der Waals surface area (Å²) in [6, 6.07) is 11.4. The van der Waals surface area contributed by atoms with E-state index in [1.807, 2.05) is 18.2 Å². The molecule has 2 aromatic rings. The standard InChI is InChI=1S/C20H21F2N3O5S/c21-17-7-6-16(12-18(17)22)31(28,29)25-10-8-24(9-11-25)19(26)13-23-20(27)30-14-15-4-2-1-3-5-15/h1-7,12H,8-11,13-14H2,(H,23,27). The van der Waals surface area contributed by atoms with Crippen LogP contribution in [0.2, 0.25) is 0 Å². The molecular weight excluding hydrogens is 432 g/mol. The van der Waals surface area contributed by atoms with Gasteiger partial charge in [-0.15, -0.1) is 0 Å². The zero-order valence-electron chi connectivity index (χ0n) is 16.5. The Hall–Kier alpha value is -3.05. The van der Waals surface area contributed by atoms with Crippen molar-refractivity contribution < 1.29 is 31.5 Å². The van der Waals surface area contributed by atoms with Gasteiger partial charge in [0.05, 0.1) is 4.90 Å². The lowest BCUT2D eigenvalue weighted by Gasteiger charge is -2.34. The molecule has 1 N–H and O–H groups in total. The lowest BCUT2D eigenvalue weighted by Crippen LogP contribution is -2.52. The van der Waals surface area contributed by atoms with Crippen molar-refractivity contribution in [3.63, 3.8) is 0 Å². The number of alkyl carbamates (subject to hydrolysis) is 1. The maximum Gasteiger partial charge on any atom is 0.407 e. The SMILES string of the molecule is O=C(NCC(=O)N1CCN(S(=O)(=O)c2ccc(F)c(F)c2)CC1)OCc1ccccc1. The van der Waals surface area contributed by atoms with E-state index in [9.17, 15) is 26.8 Å². The minimum Gasteiger partial charge on any atom is -0.445 e. The number of piperazine rings is 1. The molecular formula is C20H21F2N3O5S. The fraction of sp³-hybridized carbons (Fsp3) is 0.300. The Balaban J connectivity index is 1.46. The summed E-state index contributed by atoms with van der Waals surface area (Å²) in [4.78, 5) is 25.1. The van der Waals surface area contributed by atoms with Crippen LogP contribution in [0.25, 0.3) is 0 Å². The van der Waals surface area contributed by atoms with Gasteiger partial charge in [0.15, 0.2) is 11.6 Å². The zero-order chi connectivity index (χ0) is 22.4. The monoisotopic (exact) mass is 453 g/mol. The molecule has 0 bridgehead atoms. The van der Waals surface area contributed by atoms with Crippen LogP contribution >= 0.6 is 0 Å². The fourth-order valence-electron chi connectivity index (χ4n) is 3.00. The molecule has 0 unspecified atom stereocenters. The van der Waals surface area contributed by atoms with Crippen molar-refractivity contribution in [3.05, 3.63) is 65.7 Å². The van der Waals surface area contributed by atoms with Gasteiger partial charge in [0.25, 0.3) is 0 Å². The number of halogens is 2. The molecule has 1 heterocycles. The van der Waals surface area contributed by atoms with E-state index in [2.05, 4.69) is 5.32 Å². The molecule has 1 fully saturated rings. The molecule has 3 rings (SSSR count). The number of amides is 2. The third-order valence-electron chi connectivity index (χ3n) is 4.72. The number of nitrogens with one attached hydrogen (secondary N) is 1. The van der Waals surface area contributed by atoms with E-state index in [1.54, 1.807) is 12.1 Å². The number of sulfonamides is 1. The second-order valence-electron chi connectivity index (χ2n) is 6.78. The van der Waals surface area contributed by atoms with Gasteiger partial charge in [-0.2, -0.15) is 4.31 Å². The molecule has 1 saturated heterocycles. The number of hydrogen-bond donors (Lipinski definition) is 1. The summed E-state index contributed by atoms with van der Waals surface area (Å²) in [7, 11) is -4.01. The topological polar surface area (TPSA) is 96.0 Å². The third-order valence-corrected chi connectivity index (χ3v) is 6.61. The highest BCUT2D eigenvalue weighted by atomic mass is 32.2. The van der Waals surface area contributed by atoms with Gasteiger partial charge in [-0.3, -0.25) is 4.79 Å². The molecule has 0 aliphatic carbocycles. The molecule has 31 heavy (non-hydrogen) atoms. The van der Waals surface area contributed by atoms with Crippen molar-refractivity contribution in [2.24, 2.45) is 0 Å². The average Bonchev–Trinajstić information content (AvgIpc) is 2.78. The quantitative estimate of drug-likeness (QED) is 0.719. The van der Waals surface area contributed by atoms with Crippen LogP contribution in [0.3, 0.4) is 0 Å². The number of carbonyl (C=O) groups is 2. The van der Waals surface area contributed by atoms with Crippen LogP contribution in [0.4, 0.5) is 13.6 Å². The zero-order valence-corrected chi connectivity index (χ0v) is 17.3. The lowest BCUT2D eigenvalue weighted by atomic mass is 10.2. The van der Waals surface area contributed by atoms with E-state index < -0.39 is 27.8 Å². The molecule has 0 saturated carbocycles. The van der Waals surface area contributed by atoms with Gasteiger partial charge in [-0.25, -0.2) is 22.0 Å². The smallest absolute Gasteiger partial charge is 0.407 e. The summed E-state index contributed by atoms with van der Waals surface area (Å²) in [5.74, 6) is -2.77. The van der Waals surface area contributed by atoms with Crippen LogP contribution in [0, 0.1) is 11.6 Å². The highest BCUT2D eigenvalue weighted by Gasteiger charge is 2.30. The highest BCUT2D eigenvalue weighted by Crippen LogP contribution is 2.20. The first-order valence-electron chi connectivity index (χ1n) is 9.45. The van der Waals surface area contributed by atoms with Gasteiger partial charge >= 0.3 is 6.09 Å². The first kappa shape index (κ1) is 22.6. The molecule has 0 spiro atoms. The molecule has 1 aliphatic heterocycles. The molecule has 0 radical (unpaired) electrons. The summed E-state index contributed by atoms with van der Waals surface area (Å²) in [6.07, 6.45) is -0.739. The van der Waals surface area contributed by atoms with Crippen molar-refractivity contribution >= 4 is 22.0 Å². The predicted molar refractivity (Wildman–Crippen MR) is 106 cm³/mol. The molecule has 11 heteroatoms. The van der Waals surface area contributed by atoms with Crippen molar-refractivity contribution in [1.29, 1.82) is 0 Å². The summed E-state index contributed by atoms with van der Waals surface area (Å²) < 4.78 is 57.8. The van der Waals surface area contributed by atoms with E-state index in [-0.39, 0.29) is 50.1 Å². The summed E-state index contributed by atoms with van der Waals surface area (Å²) in [5.41, 5.74) is 0.808. The van der Waals surface area contributed by atoms with Gasteiger partial charge in [-0.05, 0) is 23.8 Å². The van der Waals surface area contributed by atoms with Crippen LogP contribution in [-0.4, -0.2) is 62.3 Å². The Labute approximate surface area is 178 Å². The third kappa shape index (κ3) is 5.76. The predicted octanol–water partition coefficient (Wildman–Crippen LogP) is 1.72. The van der Waals surface area contributed by atoms with E-state index in [0.29, 0.717) is 6.07 Å². The maximum atomic E-state index is 13.4. The molecule has 2 amide bonds. The van der Waals surface area contributed by atoms with E-state index in [4.69, 9.17) is 4.74 Å². The first-order chi connectivity index (χ1) is 14.8. The Bertz CT molecular complexity index is 1040. The van der Waals surface area contributed by atoms with E-state index in [1.165, 1.54) is 4.90 Å². The fourth-order valence-corrected chi connectivity index (χ4v) is 4.43. The first-order valence-corrected chi connectivity index (χ1v) is 10.9. The summed E-state index contributed by atoms with van der Waals surface area (Å²) in [5, 5.41) is 2.37. The van der Waals surface area contributed by atoms with Crippen molar-refractivity contribution in [2.45, 2.75) is 11.5 Å². The van der Waals surface area contributed by atoms with Gasteiger partial charge in [0.1, 0.15) is 13.2 Å². The molecule has 0 atom stereocenters. The maximum absolute atomic E-state index is 13.4. The lowest BCUT2D eigenvalue weighted by molar-refractivity contribution is -0.131. The largest absolute Gasteiger partial charge is 0.445 e.